The van der Waals surface area contributed by atoms with Gasteiger partial charge in [0.05, 0.1) is 11.6 Å². The predicted octanol–water partition coefficient (Wildman–Crippen LogP) is 4.95. The lowest BCUT2D eigenvalue weighted by molar-refractivity contribution is 0.0121. The summed E-state index contributed by atoms with van der Waals surface area (Å²) in [6, 6.07) is 2.47. The molecule has 0 radical (unpaired) electrons. The topological polar surface area (TPSA) is 52.3 Å². The average Bonchev–Trinajstić information content (AvgIpc) is 2.53. The van der Waals surface area contributed by atoms with E-state index in [4.69, 9.17) is 22.1 Å². The van der Waals surface area contributed by atoms with Crippen molar-refractivity contribution in [2.75, 3.05) is 6.61 Å². The molecule has 2 aliphatic carbocycles. The van der Waals surface area contributed by atoms with Gasteiger partial charge in [0.1, 0.15) is 0 Å². The minimum atomic E-state index is -0.701. The van der Waals surface area contributed by atoms with Crippen molar-refractivity contribution in [1.29, 1.82) is 0 Å². The second-order valence-corrected chi connectivity index (χ2v) is 7.99. The second-order valence-electron chi connectivity index (χ2n) is 7.58. The van der Waals surface area contributed by atoms with Crippen LogP contribution in [0.25, 0.3) is 0 Å². The van der Waals surface area contributed by atoms with Crippen LogP contribution in [0.2, 0.25) is 5.02 Å². The van der Waals surface area contributed by atoms with E-state index in [2.05, 4.69) is 6.92 Å². The Balaban J connectivity index is 1.75. The molecule has 0 spiro atoms. The molecule has 1 aromatic rings. The maximum Gasteiger partial charge on any atom is 0.248 e. The molecule has 24 heavy (non-hydrogen) atoms. The minimum Gasteiger partial charge on any atom is -0.488 e. The molecule has 0 aromatic heterocycles. The van der Waals surface area contributed by atoms with Crippen molar-refractivity contribution in [3.05, 3.63) is 28.5 Å². The van der Waals surface area contributed by atoms with Crippen LogP contribution in [0.4, 0.5) is 4.39 Å². The van der Waals surface area contributed by atoms with Gasteiger partial charge in [0.2, 0.25) is 5.91 Å². The average molecular weight is 354 g/mol. The first kappa shape index (κ1) is 17.5. The van der Waals surface area contributed by atoms with Gasteiger partial charge in [-0.3, -0.25) is 4.79 Å². The van der Waals surface area contributed by atoms with E-state index in [0.717, 1.165) is 37.2 Å². The number of primary amides is 1. The van der Waals surface area contributed by atoms with Crippen LogP contribution in [0, 0.1) is 23.1 Å². The van der Waals surface area contributed by atoms with Gasteiger partial charge in [-0.25, -0.2) is 4.39 Å². The lowest BCUT2D eigenvalue weighted by atomic mass is 9.60. The van der Waals surface area contributed by atoms with E-state index in [0.29, 0.717) is 6.61 Å². The first-order valence-electron chi connectivity index (χ1n) is 8.84. The Bertz CT molecular complexity index is 599. The molecule has 2 fully saturated rings. The normalized spacial score (nSPS) is 29.3. The number of fused-ring (bicyclic) bond motifs is 2. The maximum atomic E-state index is 14.3. The number of rotatable bonds is 5. The number of halogens is 2. The highest BCUT2D eigenvalue weighted by Gasteiger charge is 2.41. The summed E-state index contributed by atoms with van der Waals surface area (Å²) in [7, 11) is 0. The smallest absolute Gasteiger partial charge is 0.248 e. The van der Waals surface area contributed by atoms with Crippen LogP contribution in [-0.4, -0.2) is 12.5 Å². The van der Waals surface area contributed by atoms with Crippen molar-refractivity contribution >= 4 is 17.5 Å². The monoisotopic (exact) mass is 353 g/mol. The minimum absolute atomic E-state index is 0.0326. The number of benzene rings is 1. The third-order valence-electron chi connectivity index (χ3n) is 5.89. The predicted molar refractivity (Wildman–Crippen MR) is 92.8 cm³/mol. The summed E-state index contributed by atoms with van der Waals surface area (Å²) in [5.41, 5.74) is 5.34. The first-order chi connectivity index (χ1) is 11.4. The summed E-state index contributed by atoms with van der Waals surface area (Å²) < 4.78 is 20.1. The van der Waals surface area contributed by atoms with Gasteiger partial charge < -0.3 is 10.5 Å². The third-order valence-corrected chi connectivity index (χ3v) is 6.17. The van der Waals surface area contributed by atoms with E-state index in [1.807, 2.05) is 0 Å². The number of hydrogen-bond acceptors (Lipinski definition) is 2. The molecule has 2 saturated carbocycles. The Kier molecular flexibility index (Phi) is 5.05. The molecule has 3 rings (SSSR count). The fourth-order valence-corrected chi connectivity index (χ4v) is 4.92. The quantitative estimate of drug-likeness (QED) is 0.813. The van der Waals surface area contributed by atoms with Gasteiger partial charge in [-0.2, -0.15) is 0 Å². The highest BCUT2D eigenvalue weighted by atomic mass is 35.5. The van der Waals surface area contributed by atoms with Crippen LogP contribution >= 0.6 is 11.6 Å². The zero-order chi connectivity index (χ0) is 17.3. The Labute approximate surface area is 147 Å². The fraction of sp³-hybridized carbons (Fsp3) is 0.632. The Morgan fingerprint density at radius 3 is 2.58 bits per heavy atom. The van der Waals surface area contributed by atoms with E-state index in [9.17, 15) is 9.18 Å². The number of amides is 1. The SMILES string of the molecule is CCC1(COc2c(F)cc(C(N)=O)cc2Cl)CC2CCCC(C2)C1. The molecule has 0 saturated heterocycles. The number of nitrogens with two attached hydrogens (primary N) is 1. The first-order valence-corrected chi connectivity index (χ1v) is 9.22. The largest absolute Gasteiger partial charge is 0.488 e. The molecule has 2 unspecified atom stereocenters. The van der Waals surface area contributed by atoms with Gasteiger partial charge in [-0.1, -0.05) is 37.8 Å². The molecule has 0 heterocycles. The molecule has 132 valence electrons. The Morgan fingerprint density at radius 1 is 1.38 bits per heavy atom. The lowest BCUT2D eigenvalue weighted by Crippen LogP contribution is -2.39. The van der Waals surface area contributed by atoms with Gasteiger partial charge in [-0.05, 0) is 49.7 Å². The Morgan fingerprint density at radius 2 is 2.04 bits per heavy atom. The van der Waals surface area contributed by atoms with Crippen LogP contribution < -0.4 is 10.5 Å². The molecular formula is C19H25ClFNO2. The summed E-state index contributed by atoms with van der Waals surface area (Å²) in [5, 5.41) is 0.103. The maximum absolute atomic E-state index is 14.3. The molecule has 0 aliphatic heterocycles. The molecule has 5 heteroatoms. The zero-order valence-electron chi connectivity index (χ0n) is 14.1. The molecule has 2 aliphatic rings. The van der Waals surface area contributed by atoms with Crippen molar-refractivity contribution in [2.24, 2.45) is 23.0 Å². The standard InChI is InChI=1S/C19H25ClFNO2/c1-2-19(9-12-4-3-5-13(6-12)10-19)11-24-17-15(20)7-14(18(22)23)8-16(17)21/h7-8,12-13H,2-6,9-11H2,1H3,(H2,22,23). The van der Waals surface area contributed by atoms with Gasteiger partial charge in [0.25, 0.3) is 0 Å². The van der Waals surface area contributed by atoms with Crippen molar-refractivity contribution in [3.8, 4) is 5.75 Å². The number of carbonyl (C=O) groups excluding carboxylic acids is 1. The van der Waals surface area contributed by atoms with Crippen LogP contribution in [0.3, 0.4) is 0 Å². The highest BCUT2D eigenvalue weighted by molar-refractivity contribution is 6.32. The van der Waals surface area contributed by atoms with Gasteiger partial charge in [0, 0.05) is 11.0 Å². The Hall–Kier alpha value is -1.29. The van der Waals surface area contributed by atoms with E-state index < -0.39 is 11.7 Å². The van der Waals surface area contributed by atoms with E-state index >= 15 is 0 Å². The van der Waals surface area contributed by atoms with Crippen LogP contribution in [-0.2, 0) is 0 Å². The van der Waals surface area contributed by atoms with E-state index in [1.165, 1.54) is 31.7 Å². The highest BCUT2D eigenvalue weighted by Crippen LogP contribution is 2.50. The van der Waals surface area contributed by atoms with Gasteiger partial charge in [-0.15, -0.1) is 0 Å². The summed E-state index contributed by atoms with van der Waals surface area (Å²) in [5.74, 6) is 0.258. The second kappa shape index (κ2) is 6.91. The van der Waals surface area contributed by atoms with Crippen LogP contribution in [0.15, 0.2) is 12.1 Å². The van der Waals surface area contributed by atoms with Crippen molar-refractivity contribution in [3.63, 3.8) is 0 Å². The lowest BCUT2D eigenvalue weighted by Gasteiger charge is -2.46. The summed E-state index contributed by atoms with van der Waals surface area (Å²) >= 11 is 6.11. The third kappa shape index (κ3) is 3.53. The number of ether oxygens (including phenoxy) is 1. The molecule has 2 bridgehead atoms. The van der Waals surface area contributed by atoms with Crippen LogP contribution in [0.5, 0.6) is 5.75 Å². The van der Waals surface area contributed by atoms with Gasteiger partial charge in [0.15, 0.2) is 11.6 Å². The zero-order valence-corrected chi connectivity index (χ0v) is 14.9. The molecule has 2 N–H and O–H groups in total. The van der Waals surface area contributed by atoms with E-state index in [-0.39, 0.29) is 21.8 Å². The summed E-state index contributed by atoms with van der Waals surface area (Å²) in [6.07, 6.45) is 8.62. The molecule has 1 aromatic carbocycles. The molecule has 3 nitrogen and oxygen atoms in total. The number of hydrogen-bond donors (Lipinski definition) is 1. The van der Waals surface area contributed by atoms with Crippen molar-refractivity contribution in [2.45, 2.75) is 51.9 Å². The summed E-state index contributed by atoms with van der Waals surface area (Å²) in [6.45, 7) is 2.67. The fourth-order valence-electron chi connectivity index (χ4n) is 4.66. The van der Waals surface area contributed by atoms with Crippen LogP contribution in [0.1, 0.15) is 62.2 Å². The van der Waals surface area contributed by atoms with Crippen molar-refractivity contribution < 1.29 is 13.9 Å². The number of carbonyl (C=O) groups is 1. The molecule has 1 amide bonds. The van der Waals surface area contributed by atoms with Crippen molar-refractivity contribution in [1.82, 2.24) is 0 Å². The summed E-state index contributed by atoms with van der Waals surface area (Å²) in [4.78, 5) is 11.2. The molecule has 2 atom stereocenters. The molecular weight excluding hydrogens is 329 g/mol. The van der Waals surface area contributed by atoms with E-state index in [1.54, 1.807) is 0 Å². The van der Waals surface area contributed by atoms with Gasteiger partial charge >= 0.3 is 0 Å².